The first-order chi connectivity index (χ1) is 10.1. The summed E-state index contributed by atoms with van der Waals surface area (Å²) in [5.41, 5.74) is 0.236. The van der Waals surface area contributed by atoms with Gasteiger partial charge in [0.1, 0.15) is 11.4 Å². The van der Waals surface area contributed by atoms with Gasteiger partial charge in [-0.05, 0) is 32.1 Å². The van der Waals surface area contributed by atoms with Crippen LogP contribution >= 0.6 is 0 Å². The Morgan fingerprint density at radius 2 is 2.38 bits per heavy atom. The predicted molar refractivity (Wildman–Crippen MR) is 75.0 cm³/mol. The van der Waals surface area contributed by atoms with Crippen molar-refractivity contribution in [2.75, 3.05) is 33.4 Å². The predicted octanol–water partition coefficient (Wildman–Crippen LogP) is 1.64. The van der Waals surface area contributed by atoms with Gasteiger partial charge >= 0.3 is 0 Å². The Morgan fingerprint density at radius 3 is 3.05 bits per heavy atom. The normalized spacial score (nSPS) is 24.1. The number of ether oxygens (including phenoxy) is 2. The van der Waals surface area contributed by atoms with E-state index >= 15 is 0 Å². The highest BCUT2D eigenvalue weighted by Gasteiger charge is 2.49. The highest BCUT2D eigenvalue weighted by atomic mass is 16.5. The maximum absolute atomic E-state index is 12.2. The van der Waals surface area contributed by atoms with Gasteiger partial charge in [-0.2, -0.15) is 0 Å². The van der Waals surface area contributed by atoms with Crippen molar-refractivity contribution in [1.82, 2.24) is 10.1 Å². The fourth-order valence-corrected chi connectivity index (χ4v) is 3.30. The minimum absolute atomic E-state index is 0.0694. The van der Waals surface area contributed by atoms with Gasteiger partial charge in [-0.1, -0.05) is 5.16 Å². The van der Waals surface area contributed by atoms with E-state index in [0.29, 0.717) is 30.5 Å². The van der Waals surface area contributed by atoms with Crippen LogP contribution in [0, 0.1) is 12.8 Å². The van der Waals surface area contributed by atoms with Crippen molar-refractivity contribution in [3.63, 3.8) is 0 Å². The van der Waals surface area contributed by atoms with E-state index in [1.54, 1.807) is 25.0 Å². The second kappa shape index (κ2) is 5.77. The first kappa shape index (κ1) is 14.5. The Hall–Kier alpha value is -1.40. The third kappa shape index (κ3) is 2.96. The molecule has 2 saturated heterocycles. The molecule has 0 unspecified atom stereocenters. The second-order valence-electron chi connectivity index (χ2n) is 6.16. The highest BCUT2D eigenvalue weighted by molar-refractivity contribution is 5.93. The molecule has 6 nitrogen and oxygen atoms in total. The van der Waals surface area contributed by atoms with Crippen LogP contribution in [-0.4, -0.2) is 55.0 Å². The van der Waals surface area contributed by atoms with Gasteiger partial charge in [0.25, 0.3) is 5.91 Å². The number of aromatic nitrogens is 1. The van der Waals surface area contributed by atoms with Gasteiger partial charge in [0.05, 0.1) is 13.1 Å². The van der Waals surface area contributed by atoms with Gasteiger partial charge in [-0.3, -0.25) is 4.79 Å². The molecular weight excluding hydrogens is 272 g/mol. The average molecular weight is 294 g/mol. The average Bonchev–Trinajstić information content (AvgIpc) is 2.88. The minimum atomic E-state index is -0.148. The van der Waals surface area contributed by atoms with Crippen LogP contribution in [0.1, 0.15) is 35.5 Å². The van der Waals surface area contributed by atoms with Gasteiger partial charge in [0.15, 0.2) is 5.69 Å². The number of amides is 1. The van der Waals surface area contributed by atoms with Crippen LogP contribution in [0.2, 0.25) is 0 Å². The zero-order valence-electron chi connectivity index (χ0n) is 12.6. The molecule has 0 radical (unpaired) electrons. The van der Waals surface area contributed by atoms with E-state index in [1.807, 2.05) is 0 Å². The van der Waals surface area contributed by atoms with Crippen molar-refractivity contribution >= 4 is 5.91 Å². The van der Waals surface area contributed by atoms with Gasteiger partial charge in [-0.25, -0.2) is 0 Å². The molecule has 1 amide bonds. The second-order valence-corrected chi connectivity index (χ2v) is 6.16. The molecule has 1 aromatic rings. The van der Waals surface area contributed by atoms with E-state index in [1.165, 1.54) is 0 Å². The molecule has 6 heteroatoms. The first-order valence-corrected chi connectivity index (χ1v) is 7.47. The van der Waals surface area contributed by atoms with Crippen LogP contribution in [0.4, 0.5) is 0 Å². The monoisotopic (exact) mass is 294 g/mol. The standard InChI is InChI=1S/C15H22N2O4/c1-11-7-13(16-21-11)14(18)17-9-15(10-17)8-12(3-5-19-2)4-6-20-15/h7,12H,3-6,8-10H2,1-2H3/t12-/m1/s1. The summed E-state index contributed by atoms with van der Waals surface area (Å²) in [4.78, 5) is 14.0. The molecule has 1 atom stereocenters. The molecule has 2 aliphatic heterocycles. The van der Waals surface area contributed by atoms with E-state index in [9.17, 15) is 4.79 Å². The lowest BCUT2D eigenvalue weighted by Crippen LogP contribution is -2.66. The summed E-state index contributed by atoms with van der Waals surface area (Å²) in [6.45, 7) is 4.66. The Bertz CT molecular complexity index is 508. The zero-order chi connectivity index (χ0) is 14.9. The Balaban J connectivity index is 1.55. The Kier molecular flexibility index (Phi) is 3.99. The van der Waals surface area contributed by atoms with E-state index < -0.39 is 0 Å². The van der Waals surface area contributed by atoms with Crippen molar-refractivity contribution in [3.8, 4) is 0 Å². The van der Waals surface area contributed by atoms with Gasteiger partial charge in [0, 0.05) is 26.4 Å². The van der Waals surface area contributed by atoms with E-state index in [-0.39, 0.29) is 11.5 Å². The van der Waals surface area contributed by atoms with Crippen molar-refractivity contribution in [1.29, 1.82) is 0 Å². The van der Waals surface area contributed by atoms with E-state index in [2.05, 4.69) is 5.16 Å². The zero-order valence-corrected chi connectivity index (χ0v) is 12.6. The van der Waals surface area contributed by atoms with Crippen LogP contribution in [0.5, 0.6) is 0 Å². The lowest BCUT2D eigenvalue weighted by Gasteiger charge is -2.53. The lowest BCUT2D eigenvalue weighted by molar-refractivity contribution is -0.167. The van der Waals surface area contributed by atoms with Crippen LogP contribution in [-0.2, 0) is 9.47 Å². The molecule has 1 spiro atoms. The summed E-state index contributed by atoms with van der Waals surface area (Å²) in [7, 11) is 1.73. The van der Waals surface area contributed by atoms with Crippen molar-refractivity contribution in [3.05, 3.63) is 17.5 Å². The fourth-order valence-electron chi connectivity index (χ4n) is 3.30. The number of carbonyl (C=O) groups is 1. The third-order valence-electron chi connectivity index (χ3n) is 4.42. The number of hydrogen-bond acceptors (Lipinski definition) is 5. The molecule has 0 saturated carbocycles. The number of nitrogens with zero attached hydrogens (tertiary/aromatic N) is 2. The molecule has 3 heterocycles. The lowest BCUT2D eigenvalue weighted by atomic mass is 9.79. The summed E-state index contributed by atoms with van der Waals surface area (Å²) < 4.78 is 16.1. The molecular formula is C15H22N2O4. The van der Waals surface area contributed by atoms with Crippen molar-refractivity contribution in [2.45, 2.75) is 31.8 Å². The summed E-state index contributed by atoms with van der Waals surface area (Å²) in [6.07, 6.45) is 3.16. The molecule has 0 aliphatic carbocycles. The molecule has 116 valence electrons. The molecule has 1 aromatic heterocycles. The fraction of sp³-hybridized carbons (Fsp3) is 0.733. The number of likely N-dealkylation sites (tertiary alicyclic amines) is 1. The SMILES string of the molecule is COCC[C@@H]1CCOC2(C1)CN(C(=O)c1cc(C)on1)C2. The Labute approximate surface area is 124 Å². The summed E-state index contributed by atoms with van der Waals surface area (Å²) in [5, 5.41) is 3.78. The van der Waals surface area contributed by atoms with Crippen LogP contribution in [0.3, 0.4) is 0 Å². The first-order valence-electron chi connectivity index (χ1n) is 7.47. The van der Waals surface area contributed by atoms with Gasteiger partial charge < -0.3 is 18.9 Å². The minimum Gasteiger partial charge on any atom is -0.385 e. The van der Waals surface area contributed by atoms with E-state index in [4.69, 9.17) is 14.0 Å². The third-order valence-corrected chi connectivity index (χ3v) is 4.42. The number of carbonyl (C=O) groups excluding carboxylic acids is 1. The van der Waals surface area contributed by atoms with Crippen molar-refractivity contribution in [2.24, 2.45) is 5.92 Å². The largest absolute Gasteiger partial charge is 0.385 e. The molecule has 21 heavy (non-hydrogen) atoms. The number of methoxy groups -OCH3 is 1. The quantitative estimate of drug-likeness (QED) is 0.844. The Morgan fingerprint density at radius 1 is 1.57 bits per heavy atom. The van der Waals surface area contributed by atoms with Crippen LogP contribution in [0.15, 0.2) is 10.6 Å². The maximum atomic E-state index is 12.2. The van der Waals surface area contributed by atoms with E-state index in [0.717, 1.165) is 32.5 Å². The molecule has 0 bridgehead atoms. The maximum Gasteiger partial charge on any atom is 0.276 e. The van der Waals surface area contributed by atoms with Gasteiger partial charge in [0.2, 0.25) is 0 Å². The summed E-state index contributed by atoms with van der Waals surface area (Å²) in [6, 6.07) is 1.68. The molecule has 2 fully saturated rings. The molecule has 0 aromatic carbocycles. The topological polar surface area (TPSA) is 64.8 Å². The summed E-state index contributed by atoms with van der Waals surface area (Å²) >= 11 is 0. The van der Waals surface area contributed by atoms with Gasteiger partial charge in [-0.15, -0.1) is 0 Å². The molecule has 0 N–H and O–H groups in total. The molecule has 2 aliphatic rings. The highest BCUT2D eigenvalue weighted by Crippen LogP contribution is 2.38. The molecule has 3 rings (SSSR count). The number of hydrogen-bond donors (Lipinski definition) is 0. The number of rotatable bonds is 4. The number of aryl methyl sites for hydroxylation is 1. The van der Waals surface area contributed by atoms with Crippen LogP contribution < -0.4 is 0 Å². The smallest absolute Gasteiger partial charge is 0.276 e. The van der Waals surface area contributed by atoms with Crippen LogP contribution in [0.25, 0.3) is 0 Å². The summed E-state index contributed by atoms with van der Waals surface area (Å²) in [5.74, 6) is 1.22. The van der Waals surface area contributed by atoms with Crippen molar-refractivity contribution < 1.29 is 18.8 Å².